The van der Waals surface area contributed by atoms with Gasteiger partial charge in [-0.15, -0.1) is 0 Å². The fraction of sp³-hybridized carbons (Fsp3) is 0.231. The van der Waals surface area contributed by atoms with Gasteiger partial charge in [0.1, 0.15) is 11.3 Å². The van der Waals surface area contributed by atoms with Crippen molar-refractivity contribution in [2.24, 2.45) is 0 Å². The van der Waals surface area contributed by atoms with Crippen LogP contribution in [0.4, 0.5) is 11.7 Å². The summed E-state index contributed by atoms with van der Waals surface area (Å²) in [5.41, 5.74) is 8.00. The summed E-state index contributed by atoms with van der Waals surface area (Å²) in [7, 11) is 0. The summed E-state index contributed by atoms with van der Waals surface area (Å²) in [4.78, 5) is 10.9. The number of hydrogen-bond donors (Lipinski definition) is 1. The SMILES string of the molecule is Nc1cccc2oc(N3CCn4ccnc4C3)nc12. The maximum atomic E-state index is 5.90. The van der Waals surface area contributed by atoms with Crippen LogP contribution in [0.1, 0.15) is 5.82 Å². The molecule has 0 fully saturated rings. The number of nitrogens with two attached hydrogens (primary N) is 1. The van der Waals surface area contributed by atoms with E-state index < -0.39 is 0 Å². The molecular weight excluding hydrogens is 242 g/mol. The Balaban J connectivity index is 1.74. The second kappa shape index (κ2) is 3.74. The lowest BCUT2D eigenvalue weighted by atomic mass is 10.3. The Morgan fingerprint density at radius 1 is 1.26 bits per heavy atom. The number of nitrogen functional groups attached to an aromatic ring is 1. The molecule has 2 N–H and O–H groups in total. The van der Waals surface area contributed by atoms with E-state index in [1.807, 2.05) is 30.6 Å². The van der Waals surface area contributed by atoms with Gasteiger partial charge in [0.15, 0.2) is 5.58 Å². The molecule has 0 bridgehead atoms. The molecule has 1 aliphatic heterocycles. The Labute approximate surface area is 109 Å². The number of aromatic nitrogens is 3. The van der Waals surface area contributed by atoms with Crippen LogP contribution in [-0.2, 0) is 13.1 Å². The Kier molecular flexibility index (Phi) is 2.05. The van der Waals surface area contributed by atoms with Crippen molar-refractivity contribution in [1.29, 1.82) is 0 Å². The summed E-state index contributed by atoms with van der Waals surface area (Å²) >= 11 is 0. The van der Waals surface area contributed by atoms with Crippen LogP contribution in [0.25, 0.3) is 11.1 Å². The number of fused-ring (bicyclic) bond motifs is 2. The average Bonchev–Trinajstić information content (AvgIpc) is 3.04. The van der Waals surface area contributed by atoms with Crippen LogP contribution >= 0.6 is 0 Å². The molecule has 6 heteroatoms. The molecule has 96 valence electrons. The summed E-state index contributed by atoms with van der Waals surface area (Å²) in [5.74, 6) is 1.03. The van der Waals surface area contributed by atoms with Crippen LogP contribution in [-0.4, -0.2) is 21.1 Å². The van der Waals surface area contributed by atoms with E-state index >= 15 is 0 Å². The smallest absolute Gasteiger partial charge is 0.298 e. The molecule has 3 heterocycles. The highest BCUT2D eigenvalue weighted by atomic mass is 16.4. The zero-order valence-corrected chi connectivity index (χ0v) is 10.3. The van der Waals surface area contributed by atoms with Gasteiger partial charge in [0, 0.05) is 25.5 Å². The lowest BCUT2D eigenvalue weighted by molar-refractivity contribution is 0.500. The Bertz CT molecular complexity index is 744. The van der Waals surface area contributed by atoms with Crippen LogP contribution in [0.5, 0.6) is 0 Å². The summed E-state index contributed by atoms with van der Waals surface area (Å²) in [6, 6.07) is 6.20. The molecule has 4 rings (SSSR count). The standard InChI is InChI=1S/C13H13N5O/c14-9-2-1-3-10-12(9)16-13(19-10)18-7-6-17-5-4-15-11(17)8-18/h1-5H,6-8,14H2. The molecule has 0 unspecified atom stereocenters. The Morgan fingerprint density at radius 2 is 2.21 bits per heavy atom. The molecule has 0 saturated heterocycles. The Hall–Kier alpha value is -2.50. The van der Waals surface area contributed by atoms with Gasteiger partial charge in [0.25, 0.3) is 6.01 Å². The molecule has 0 amide bonds. The number of hydrogen-bond acceptors (Lipinski definition) is 5. The molecule has 0 aliphatic carbocycles. The van der Waals surface area contributed by atoms with Gasteiger partial charge < -0.3 is 19.6 Å². The number of oxazole rings is 1. The fourth-order valence-electron chi connectivity index (χ4n) is 2.43. The van der Waals surface area contributed by atoms with Crippen molar-refractivity contribution in [1.82, 2.24) is 14.5 Å². The average molecular weight is 255 g/mol. The summed E-state index contributed by atoms with van der Waals surface area (Å²) in [5, 5.41) is 0. The van der Waals surface area contributed by atoms with Gasteiger partial charge in [-0.1, -0.05) is 6.07 Å². The van der Waals surface area contributed by atoms with Crippen LogP contribution < -0.4 is 10.6 Å². The highest BCUT2D eigenvalue weighted by molar-refractivity contribution is 5.86. The normalized spacial score (nSPS) is 14.8. The Morgan fingerprint density at radius 3 is 3.11 bits per heavy atom. The van der Waals surface area contributed by atoms with Crippen molar-refractivity contribution in [3.63, 3.8) is 0 Å². The van der Waals surface area contributed by atoms with E-state index in [0.717, 1.165) is 30.0 Å². The zero-order valence-electron chi connectivity index (χ0n) is 10.3. The zero-order chi connectivity index (χ0) is 12.8. The van der Waals surface area contributed by atoms with Gasteiger partial charge in [0.05, 0.1) is 12.2 Å². The maximum Gasteiger partial charge on any atom is 0.298 e. The molecule has 0 saturated carbocycles. The van der Waals surface area contributed by atoms with Crippen molar-refractivity contribution in [3.8, 4) is 0 Å². The molecule has 1 aliphatic rings. The van der Waals surface area contributed by atoms with E-state index in [4.69, 9.17) is 10.2 Å². The lowest BCUT2D eigenvalue weighted by Crippen LogP contribution is -2.33. The lowest BCUT2D eigenvalue weighted by Gasteiger charge is -2.25. The molecule has 0 atom stereocenters. The number of nitrogens with zero attached hydrogens (tertiary/aromatic N) is 4. The highest BCUT2D eigenvalue weighted by Gasteiger charge is 2.21. The van der Waals surface area contributed by atoms with Crippen molar-refractivity contribution < 1.29 is 4.42 Å². The van der Waals surface area contributed by atoms with Crippen LogP contribution in [0.2, 0.25) is 0 Å². The van der Waals surface area contributed by atoms with Crippen LogP contribution in [0.15, 0.2) is 35.0 Å². The molecule has 2 aromatic heterocycles. The molecule has 1 aromatic carbocycles. The first-order valence-electron chi connectivity index (χ1n) is 6.21. The minimum Gasteiger partial charge on any atom is -0.423 e. The largest absolute Gasteiger partial charge is 0.423 e. The van der Waals surface area contributed by atoms with E-state index in [9.17, 15) is 0 Å². The van der Waals surface area contributed by atoms with E-state index in [-0.39, 0.29) is 0 Å². The molecule has 6 nitrogen and oxygen atoms in total. The number of imidazole rings is 1. The van der Waals surface area contributed by atoms with Gasteiger partial charge >= 0.3 is 0 Å². The number of benzene rings is 1. The quantitative estimate of drug-likeness (QED) is 0.669. The monoisotopic (exact) mass is 255 g/mol. The predicted octanol–water partition coefficient (Wildman–Crippen LogP) is 1.63. The second-order valence-corrected chi connectivity index (χ2v) is 4.65. The first-order valence-corrected chi connectivity index (χ1v) is 6.21. The third kappa shape index (κ3) is 1.56. The molecule has 0 radical (unpaired) electrons. The third-order valence-corrected chi connectivity index (χ3v) is 3.45. The second-order valence-electron chi connectivity index (χ2n) is 4.65. The molecule has 19 heavy (non-hydrogen) atoms. The highest BCUT2D eigenvalue weighted by Crippen LogP contribution is 2.27. The molecule has 3 aromatic rings. The minimum absolute atomic E-state index is 0.613. The van der Waals surface area contributed by atoms with Gasteiger partial charge in [-0.3, -0.25) is 0 Å². The summed E-state index contributed by atoms with van der Waals surface area (Å²) < 4.78 is 7.92. The van der Waals surface area contributed by atoms with Crippen LogP contribution in [0, 0.1) is 0 Å². The molecule has 0 spiro atoms. The topological polar surface area (TPSA) is 73.1 Å². The fourth-order valence-corrected chi connectivity index (χ4v) is 2.43. The van der Waals surface area contributed by atoms with Gasteiger partial charge in [-0.2, -0.15) is 4.98 Å². The van der Waals surface area contributed by atoms with E-state index in [0.29, 0.717) is 18.2 Å². The van der Waals surface area contributed by atoms with Gasteiger partial charge in [-0.05, 0) is 12.1 Å². The molecular formula is C13H13N5O. The van der Waals surface area contributed by atoms with Crippen molar-refractivity contribution >= 4 is 22.8 Å². The van der Waals surface area contributed by atoms with Gasteiger partial charge in [-0.25, -0.2) is 4.98 Å². The number of anilines is 2. The van der Waals surface area contributed by atoms with Crippen molar-refractivity contribution in [2.45, 2.75) is 13.1 Å². The van der Waals surface area contributed by atoms with Crippen molar-refractivity contribution in [3.05, 3.63) is 36.4 Å². The maximum absolute atomic E-state index is 5.90. The van der Waals surface area contributed by atoms with E-state index in [1.54, 1.807) is 0 Å². The number of rotatable bonds is 1. The van der Waals surface area contributed by atoms with E-state index in [2.05, 4.69) is 19.4 Å². The van der Waals surface area contributed by atoms with Crippen LogP contribution in [0.3, 0.4) is 0 Å². The summed E-state index contributed by atoms with van der Waals surface area (Å²) in [6.45, 7) is 2.46. The van der Waals surface area contributed by atoms with E-state index in [1.165, 1.54) is 0 Å². The number of para-hydroxylation sites is 1. The predicted molar refractivity (Wildman–Crippen MR) is 71.7 cm³/mol. The van der Waals surface area contributed by atoms with Gasteiger partial charge in [0.2, 0.25) is 0 Å². The third-order valence-electron chi connectivity index (χ3n) is 3.45. The first kappa shape index (κ1) is 10.4. The minimum atomic E-state index is 0.613. The first-order chi connectivity index (χ1) is 9.31. The summed E-state index contributed by atoms with van der Waals surface area (Å²) in [6.07, 6.45) is 3.82. The van der Waals surface area contributed by atoms with Crippen molar-refractivity contribution in [2.75, 3.05) is 17.2 Å².